The minimum absolute atomic E-state index is 0.107. The molecule has 0 fully saturated rings. The lowest BCUT2D eigenvalue weighted by Gasteiger charge is -2.38. The number of ketones is 1. The van der Waals surface area contributed by atoms with E-state index in [0.29, 0.717) is 19.3 Å². The minimum Gasteiger partial charge on any atom is -0.346 e. The van der Waals surface area contributed by atoms with E-state index in [9.17, 15) is 33.6 Å². The number of rotatable bonds is 22. The topological polar surface area (TPSA) is 174 Å². The fraction of sp³-hybridized carbons (Fsp3) is 0.763. The van der Waals surface area contributed by atoms with Crippen molar-refractivity contribution in [2.75, 3.05) is 27.2 Å². The second-order valence-corrected chi connectivity index (χ2v) is 16.5. The van der Waals surface area contributed by atoms with Crippen LogP contribution in [0.1, 0.15) is 121 Å². The molecular weight excluding hydrogens is 652 g/mol. The van der Waals surface area contributed by atoms with E-state index >= 15 is 0 Å². The van der Waals surface area contributed by atoms with Gasteiger partial charge in [-0.15, -0.1) is 6.58 Å². The first kappa shape index (κ1) is 47.2. The largest absolute Gasteiger partial charge is 0.346 e. The number of aldehydes is 1. The molecule has 0 aliphatic carbocycles. The first-order valence-electron chi connectivity index (χ1n) is 18.2. The van der Waals surface area contributed by atoms with Crippen molar-refractivity contribution in [3.63, 3.8) is 0 Å². The van der Waals surface area contributed by atoms with Crippen LogP contribution in [0, 0.1) is 16.2 Å². The van der Waals surface area contributed by atoms with E-state index in [1.165, 1.54) is 18.0 Å². The third-order valence-electron chi connectivity index (χ3n) is 8.95. The highest BCUT2D eigenvalue weighted by Gasteiger charge is 2.40. The predicted octanol–water partition coefficient (Wildman–Crippen LogP) is 4.14. The van der Waals surface area contributed by atoms with E-state index in [1.54, 1.807) is 32.7 Å². The molecule has 0 aliphatic rings. The molecule has 4 atom stereocenters. The molecule has 0 saturated heterocycles. The Hall–Kier alpha value is -3.77. The zero-order chi connectivity index (χ0) is 39.7. The summed E-state index contributed by atoms with van der Waals surface area (Å²) >= 11 is 0. The van der Waals surface area contributed by atoms with Crippen LogP contribution in [0.5, 0.6) is 0 Å². The Morgan fingerprint density at radius 1 is 0.804 bits per heavy atom. The molecule has 292 valence electrons. The number of nitrogens with one attached hydrogen (secondary N) is 4. The number of carbonyl (C=O) groups is 7. The molecule has 51 heavy (non-hydrogen) atoms. The van der Waals surface area contributed by atoms with Gasteiger partial charge in [-0.3, -0.25) is 24.0 Å². The molecule has 0 bridgehead atoms. The molecule has 4 unspecified atom stereocenters. The number of urea groups is 1. The van der Waals surface area contributed by atoms with Crippen molar-refractivity contribution in [1.29, 1.82) is 0 Å². The summed E-state index contributed by atoms with van der Waals surface area (Å²) in [4.78, 5) is 94.0. The highest BCUT2D eigenvalue weighted by atomic mass is 16.2. The molecule has 0 rings (SSSR count). The van der Waals surface area contributed by atoms with Crippen molar-refractivity contribution in [1.82, 2.24) is 31.1 Å². The summed E-state index contributed by atoms with van der Waals surface area (Å²) in [5, 5.41) is 11.0. The van der Waals surface area contributed by atoms with Crippen LogP contribution < -0.4 is 21.3 Å². The van der Waals surface area contributed by atoms with E-state index in [2.05, 4.69) is 27.8 Å². The maximum Gasteiger partial charge on any atom is 0.315 e. The molecular formula is C38H68N6O7. The van der Waals surface area contributed by atoms with Crippen LogP contribution in [0.3, 0.4) is 0 Å². The molecule has 0 aromatic carbocycles. The lowest BCUT2D eigenvalue weighted by atomic mass is 9.84. The number of hydrogen-bond acceptors (Lipinski definition) is 7. The molecule has 0 aliphatic heterocycles. The molecule has 0 heterocycles. The second kappa shape index (κ2) is 21.6. The van der Waals surface area contributed by atoms with Gasteiger partial charge in [-0.2, -0.15) is 0 Å². The van der Waals surface area contributed by atoms with Gasteiger partial charge in [-0.25, -0.2) is 4.79 Å². The minimum atomic E-state index is -1.06. The predicted molar refractivity (Wildman–Crippen MR) is 201 cm³/mol. The molecule has 6 amide bonds. The zero-order valence-electron chi connectivity index (χ0n) is 33.5. The Bertz CT molecular complexity index is 1200. The van der Waals surface area contributed by atoms with Gasteiger partial charge in [-0.05, 0) is 29.1 Å². The molecule has 0 radical (unpaired) electrons. The van der Waals surface area contributed by atoms with Gasteiger partial charge < -0.3 is 35.9 Å². The first-order valence-corrected chi connectivity index (χ1v) is 18.2. The van der Waals surface area contributed by atoms with Crippen molar-refractivity contribution in [3.05, 3.63) is 12.7 Å². The summed E-state index contributed by atoms with van der Waals surface area (Å²) in [6, 6.07) is -4.19. The third-order valence-corrected chi connectivity index (χ3v) is 8.95. The number of amides is 6. The van der Waals surface area contributed by atoms with Gasteiger partial charge >= 0.3 is 6.03 Å². The Labute approximate surface area is 306 Å². The van der Waals surface area contributed by atoms with Crippen molar-refractivity contribution in [3.8, 4) is 0 Å². The summed E-state index contributed by atoms with van der Waals surface area (Å²) < 4.78 is 0. The van der Waals surface area contributed by atoms with Crippen molar-refractivity contribution >= 4 is 41.7 Å². The first-order chi connectivity index (χ1) is 23.5. The van der Waals surface area contributed by atoms with E-state index in [0.717, 1.165) is 19.1 Å². The molecule has 0 saturated carbocycles. The monoisotopic (exact) mass is 721 g/mol. The highest BCUT2D eigenvalue weighted by molar-refractivity contribution is 6.38. The van der Waals surface area contributed by atoms with Gasteiger partial charge in [0.1, 0.15) is 18.4 Å². The summed E-state index contributed by atoms with van der Waals surface area (Å²) in [5.41, 5.74) is -1.75. The summed E-state index contributed by atoms with van der Waals surface area (Å²) in [7, 11) is 3.16. The molecule has 13 heteroatoms. The Morgan fingerprint density at radius 3 is 1.86 bits per heavy atom. The van der Waals surface area contributed by atoms with E-state index in [1.807, 2.05) is 48.5 Å². The van der Waals surface area contributed by atoms with E-state index in [4.69, 9.17) is 0 Å². The maximum atomic E-state index is 14.2. The number of likely N-dealkylation sites (N-methyl/N-ethyl adjacent to an activating group) is 2. The molecule has 0 aromatic heterocycles. The fourth-order valence-electron chi connectivity index (χ4n) is 5.34. The lowest BCUT2D eigenvalue weighted by Crippen LogP contribution is -2.62. The van der Waals surface area contributed by atoms with Gasteiger partial charge in [0, 0.05) is 40.0 Å². The van der Waals surface area contributed by atoms with Gasteiger partial charge in [0.15, 0.2) is 0 Å². The molecule has 4 N–H and O–H groups in total. The van der Waals surface area contributed by atoms with Crippen LogP contribution in [0.15, 0.2) is 12.7 Å². The van der Waals surface area contributed by atoms with Crippen LogP contribution in [-0.2, 0) is 28.8 Å². The van der Waals surface area contributed by atoms with Crippen molar-refractivity contribution < 1.29 is 33.6 Å². The maximum absolute atomic E-state index is 14.2. The number of unbranched alkanes of at least 4 members (excludes halogenated alkanes) is 2. The zero-order valence-corrected chi connectivity index (χ0v) is 33.5. The van der Waals surface area contributed by atoms with Crippen LogP contribution in [0.2, 0.25) is 0 Å². The third kappa shape index (κ3) is 16.9. The normalized spacial score (nSPS) is 14.2. The van der Waals surface area contributed by atoms with Gasteiger partial charge in [0.25, 0.3) is 5.91 Å². The van der Waals surface area contributed by atoms with Gasteiger partial charge in [0.2, 0.25) is 23.5 Å². The Balaban J connectivity index is 6.19. The number of carbonyl (C=O) groups excluding carboxylic acids is 7. The van der Waals surface area contributed by atoms with Crippen LogP contribution >= 0.6 is 0 Å². The van der Waals surface area contributed by atoms with Crippen molar-refractivity contribution in [2.24, 2.45) is 16.2 Å². The van der Waals surface area contributed by atoms with E-state index < -0.39 is 69.9 Å². The van der Waals surface area contributed by atoms with E-state index in [-0.39, 0.29) is 38.3 Å². The van der Waals surface area contributed by atoms with Crippen molar-refractivity contribution in [2.45, 2.75) is 145 Å². The number of Topliss-reactive ketones (excluding diaryl/α,β-unsaturated/α-hetero) is 1. The quantitative estimate of drug-likeness (QED) is 0.0739. The van der Waals surface area contributed by atoms with Crippen LogP contribution in [0.25, 0.3) is 0 Å². The number of hydrogen-bond donors (Lipinski definition) is 4. The van der Waals surface area contributed by atoms with Gasteiger partial charge in [0.05, 0.1) is 12.1 Å². The van der Waals surface area contributed by atoms with Crippen LogP contribution in [0.4, 0.5) is 4.79 Å². The lowest BCUT2D eigenvalue weighted by molar-refractivity contribution is -0.144. The summed E-state index contributed by atoms with van der Waals surface area (Å²) in [6.45, 7) is 22.7. The number of nitrogens with zero attached hydrogens (tertiary/aromatic N) is 2. The fourth-order valence-corrected chi connectivity index (χ4v) is 5.34. The molecule has 0 spiro atoms. The SMILES string of the molecule is C=CCNC(=O)C(=O)C(CCCC)NC(=O)C(CCCC)N(C)C(=O)C(NC(=O)NC(CN(C)C(=O)CC(C)(C)CC=O)C(C)(C)C)C(C)(C)C. The highest BCUT2D eigenvalue weighted by Crippen LogP contribution is 2.26. The average Bonchev–Trinajstić information content (AvgIpc) is 3.01. The van der Waals surface area contributed by atoms with Gasteiger partial charge in [-0.1, -0.05) is 101 Å². The smallest absolute Gasteiger partial charge is 0.315 e. The second-order valence-electron chi connectivity index (χ2n) is 16.5. The summed E-state index contributed by atoms with van der Waals surface area (Å²) in [5.74, 6) is -2.79. The Kier molecular flexibility index (Phi) is 20.0. The molecule has 0 aromatic rings. The summed E-state index contributed by atoms with van der Waals surface area (Å²) in [6.07, 6.45) is 5.95. The molecule has 13 nitrogen and oxygen atoms in total. The standard InChI is InChI=1S/C38H68N6O7/c1-14-17-19-26(30(47)33(49)39-22-16-3)40-32(48)27(20-18-15-2)44(13)34(50)31(37(7,8)9)42-35(51)41-28(36(4,5)6)25-43(12)29(46)24-38(10,11)21-23-45/h16,23,26-28,31H,3,14-15,17-22,24-25H2,1-2,4-13H3,(H,39,49)(H,40,48)(H2,41,42,51). The van der Waals surface area contributed by atoms with Crippen LogP contribution in [-0.4, -0.2) is 103 Å². The average molecular weight is 721 g/mol. The Morgan fingerprint density at radius 2 is 1.37 bits per heavy atom.